The summed E-state index contributed by atoms with van der Waals surface area (Å²) in [6.07, 6.45) is 3.52. The van der Waals surface area contributed by atoms with E-state index in [1.165, 1.54) is 24.0 Å². The third kappa shape index (κ3) is 2.56. The number of hydrogen-bond acceptors (Lipinski definition) is 1. The summed E-state index contributed by atoms with van der Waals surface area (Å²) in [5.41, 5.74) is 6.64. The van der Waals surface area contributed by atoms with E-state index in [9.17, 15) is 4.79 Å². The first-order valence-electron chi connectivity index (χ1n) is 8.09. The summed E-state index contributed by atoms with van der Waals surface area (Å²) in [7, 11) is 0. The number of hydrogen-bond donors (Lipinski definition) is 1. The first-order valence-corrected chi connectivity index (χ1v) is 8.09. The third-order valence-electron chi connectivity index (χ3n) is 4.60. The molecule has 0 radical (unpaired) electrons. The summed E-state index contributed by atoms with van der Waals surface area (Å²) in [4.78, 5) is 12.6. The lowest BCUT2D eigenvalue weighted by Gasteiger charge is -2.13. The molecule has 3 rings (SSSR count). The van der Waals surface area contributed by atoms with Crippen molar-refractivity contribution in [3.63, 3.8) is 0 Å². The molecule has 0 unspecified atom stereocenters. The van der Waals surface area contributed by atoms with Crippen molar-refractivity contribution in [2.24, 2.45) is 0 Å². The largest absolute Gasteiger partial charge is 0.346 e. The van der Waals surface area contributed by atoms with Crippen molar-refractivity contribution in [3.8, 4) is 0 Å². The van der Waals surface area contributed by atoms with E-state index in [1.54, 1.807) is 0 Å². The summed E-state index contributed by atoms with van der Waals surface area (Å²) >= 11 is 0. The molecule has 3 heteroatoms. The van der Waals surface area contributed by atoms with Gasteiger partial charge in [-0.3, -0.25) is 4.79 Å². The maximum absolute atomic E-state index is 12.6. The Hall–Kier alpha value is -2.03. The minimum Gasteiger partial charge on any atom is -0.346 e. The van der Waals surface area contributed by atoms with Crippen LogP contribution in [0.3, 0.4) is 0 Å². The molecule has 3 nitrogen and oxygen atoms in total. The van der Waals surface area contributed by atoms with Crippen LogP contribution >= 0.6 is 0 Å². The first kappa shape index (κ1) is 14.9. The number of carbonyl (C=O) groups is 1. The van der Waals surface area contributed by atoms with Gasteiger partial charge in [0.1, 0.15) is 0 Å². The molecular weight excluding hydrogens is 272 g/mol. The smallest absolute Gasteiger partial charge is 0.257 e. The van der Waals surface area contributed by atoms with Crippen molar-refractivity contribution >= 4 is 11.6 Å². The van der Waals surface area contributed by atoms with Crippen LogP contribution in [0.5, 0.6) is 0 Å². The van der Waals surface area contributed by atoms with E-state index >= 15 is 0 Å². The number of amides is 1. The Morgan fingerprint density at radius 3 is 2.55 bits per heavy atom. The monoisotopic (exact) mass is 296 g/mol. The molecule has 1 heterocycles. The van der Waals surface area contributed by atoms with Crippen LogP contribution in [0.4, 0.5) is 5.69 Å². The van der Waals surface area contributed by atoms with Crippen molar-refractivity contribution in [2.45, 2.75) is 53.0 Å². The van der Waals surface area contributed by atoms with Gasteiger partial charge in [0.25, 0.3) is 5.91 Å². The van der Waals surface area contributed by atoms with Crippen LogP contribution in [0.25, 0.3) is 0 Å². The predicted octanol–water partition coefficient (Wildman–Crippen LogP) is 4.43. The van der Waals surface area contributed by atoms with Gasteiger partial charge in [-0.05, 0) is 76.3 Å². The fourth-order valence-corrected chi connectivity index (χ4v) is 3.65. The maximum Gasteiger partial charge on any atom is 0.257 e. The molecular formula is C19H24N2O. The molecule has 0 aliphatic heterocycles. The van der Waals surface area contributed by atoms with Crippen LogP contribution < -0.4 is 5.32 Å². The van der Waals surface area contributed by atoms with E-state index in [0.29, 0.717) is 6.04 Å². The zero-order valence-electron chi connectivity index (χ0n) is 13.9. The molecule has 0 fully saturated rings. The fraction of sp³-hybridized carbons (Fsp3) is 0.421. The van der Waals surface area contributed by atoms with Gasteiger partial charge in [-0.25, -0.2) is 0 Å². The lowest BCUT2D eigenvalue weighted by Crippen LogP contribution is -2.14. The molecule has 1 amide bonds. The number of aryl methyl sites for hydroxylation is 3. The lowest BCUT2D eigenvalue weighted by molar-refractivity contribution is 0.102. The minimum atomic E-state index is -0.0158. The maximum atomic E-state index is 12.6. The standard InChI is InChI=1S/C19H24N2O/c1-12(2)21-13(3)10-18(14(21)4)19(22)20-17-9-8-15-6-5-7-16(15)11-17/h8-12H,5-7H2,1-4H3,(H,20,22). The van der Waals surface area contributed by atoms with Gasteiger partial charge in [-0.1, -0.05) is 6.07 Å². The van der Waals surface area contributed by atoms with Gasteiger partial charge in [0, 0.05) is 23.1 Å². The molecule has 0 saturated carbocycles. The van der Waals surface area contributed by atoms with Crippen molar-refractivity contribution in [1.82, 2.24) is 4.57 Å². The highest BCUT2D eigenvalue weighted by Crippen LogP contribution is 2.26. The topological polar surface area (TPSA) is 34.0 Å². The highest BCUT2D eigenvalue weighted by molar-refractivity contribution is 6.05. The van der Waals surface area contributed by atoms with E-state index in [1.807, 2.05) is 19.1 Å². The second-order valence-corrected chi connectivity index (χ2v) is 6.54. The van der Waals surface area contributed by atoms with Gasteiger partial charge in [-0.2, -0.15) is 0 Å². The van der Waals surface area contributed by atoms with Crippen molar-refractivity contribution in [1.29, 1.82) is 0 Å². The fourth-order valence-electron chi connectivity index (χ4n) is 3.65. The van der Waals surface area contributed by atoms with Gasteiger partial charge in [0.15, 0.2) is 0 Å². The summed E-state index contributed by atoms with van der Waals surface area (Å²) in [5, 5.41) is 3.06. The van der Waals surface area contributed by atoms with E-state index in [0.717, 1.165) is 29.1 Å². The van der Waals surface area contributed by atoms with Gasteiger partial charge in [0.05, 0.1) is 5.56 Å². The van der Waals surface area contributed by atoms with Gasteiger partial charge in [0.2, 0.25) is 0 Å². The number of rotatable bonds is 3. The van der Waals surface area contributed by atoms with Crippen molar-refractivity contribution in [2.75, 3.05) is 5.32 Å². The summed E-state index contributed by atoms with van der Waals surface area (Å²) in [5.74, 6) is -0.0158. The molecule has 0 atom stereocenters. The average molecular weight is 296 g/mol. The van der Waals surface area contributed by atoms with Crippen molar-refractivity contribution in [3.05, 3.63) is 52.3 Å². The Balaban J connectivity index is 1.85. The Bertz CT molecular complexity index is 725. The summed E-state index contributed by atoms with van der Waals surface area (Å²) in [6, 6.07) is 8.64. The predicted molar refractivity (Wildman–Crippen MR) is 90.7 cm³/mol. The molecule has 22 heavy (non-hydrogen) atoms. The molecule has 1 aliphatic carbocycles. The van der Waals surface area contributed by atoms with E-state index < -0.39 is 0 Å². The normalized spacial score (nSPS) is 13.5. The Morgan fingerprint density at radius 2 is 1.86 bits per heavy atom. The highest BCUT2D eigenvalue weighted by atomic mass is 16.1. The van der Waals surface area contributed by atoms with E-state index in [2.05, 4.69) is 42.8 Å². The number of fused-ring (bicyclic) bond motifs is 1. The molecule has 1 aromatic heterocycles. The molecule has 0 spiro atoms. The molecule has 0 bridgehead atoms. The number of nitrogens with zero attached hydrogens (tertiary/aromatic N) is 1. The second-order valence-electron chi connectivity index (χ2n) is 6.54. The number of nitrogens with one attached hydrogen (secondary N) is 1. The third-order valence-corrected chi connectivity index (χ3v) is 4.60. The van der Waals surface area contributed by atoms with Crippen LogP contribution in [-0.4, -0.2) is 10.5 Å². The van der Waals surface area contributed by atoms with E-state index in [-0.39, 0.29) is 5.91 Å². The molecule has 1 N–H and O–H groups in total. The molecule has 1 aliphatic rings. The SMILES string of the molecule is Cc1cc(C(=O)Nc2ccc3c(c2)CCC3)c(C)n1C(C)C. The molecule has 0 saturated heterocycles. The Labute approximate surface area is 132 Å². The van der Waals surface area contributed by atoms with Crippen LogP contribution in [-0.2, 0) is 12.8 Å². The first-order chi connectivity index (χ1) is 10.5. The second kappa shape index (κ2) is 5.64. The van der Waals surface area contributed by atoms with Gasteiger partial charge in [-0.15, -0.1) is 0 Å². The zero-order chi connectivity index (χ0) is 15.9. The minimum absolute atomic E-state index is 0.0158. The average Bonchev–Trinajstić information content (AvgIpc) is 3.02. The molecule has 2 aromatic rings. The number of anilines is 1. The van der Waals surface area contributed by atoms with Crippen LogP contribution in [0, 0.1) is 13.8 Å². The van der Waals surface area contributed by atoms with Gasteiger partial charge >= 0.3 is 0 Å². The summed E-state index contributed by atoms with van der Waals surface area (Å²) < 4.78 is 2.21. The quantitative estimate of drug-likeness (QED) is 0.893. The van der Waals surface area contributed by atoms with Crippen LogP contribution in [0.1, 0.15) is 59.2 Å². The number of aromatic nitrogens is 1. The van der Waals surface area contributed by atoms with Crippen LogP contribution in [0.2, 0.25) is 0 Å². The number of benzene rings is 1. The van der Waals surface area contributed by atoms with Crippen LogP contribution in [0.15, 0.2) is 24.3 Å². The van der Waals surface area contributed by atoms with Crippen molar-refractivity contribution < 1.29 is 4.79 Å². The lowest BCUT2D eigenvalue weighted by atomic mass is 10.1. The molecule has 1 aromatic carbocycles. The Kier molecular flexibility index (Phi) is 3.81. The number of carbonyl (C=O) groups excluding carboxylic acids is 1. The van der Waals surface area contributed by atoms with E-state index in [4.69, 9.17) is 0 Å². The highest BCUT2D eigenvalue weighted by Gasteiger charge is 2.18. The zero-order valence-corrected chi connectivity index (χ0v) is 13.9. The van der Waals surface area contributed by atoms with Gasteiger partial charge < -0.3 is 9.88 Å². The molecule has 116 valence electrons. The summed E-state index contributed by atoms with van der Waals surface area (Å²) in [6.45, 7) is 8.36. The Morgan fingerprint density at radius 1 is 1.14 bits per heavy atom.